The summed E-state index contributed by atoms with van der Waals surface area (Å²) < 4.78 is 0. The molecule has 1 aromatic rings. The number of hydrogen-bond donors (Lipinski definition) is 2. The Hall–Kier alpha value is -3.23. The van der Waals surface area contributed by atoms with E-state index in [0.29, 0.717) is 18.5 Å². The van der Waals surface area contributed by atoms with Crippen LogP contribution in [0.3, 0.4) is 0 Å². The number of nitrogens with one attached hydrogen (secondary N) is 2. The summed E-state index contributed by atoms with van der Waals surface area (Å²) in [7, 11) is 0. The van der Waals surface area contributed by atoms with Crippen LogP contribution in [0.2, 0.25) is 0 Å². The first-order valence-electron chi connectivity index (χ1n) is 9.18. The topological polar surface area (TPSA) is 122 Å². The smallest absolute Gasteiger partial charge is 0.292 e. The highest BCUT2D eigenvalue weighted by Gasteiger charge is 2.49. The normalized spacial score (nSPS) is 22.0. The molecular weight excluding hydrogens is 364 g/mol. The molecule has 9 nitrogen and oxygen atoms in total. The van der Waals surface area contributed by atoms with Gasteiger partial charge in [0.15, 0.2) is 0 Å². The van der Waals surface area contributed by atoms with Gasteiger partial charge in [-0.25, -0.2) is 0 Å². The number of benzene rings is 1. The third kappa shape index (κ3) is 3.73. The van der Waals surface area contributed by atoms with Crippen molar-refractivity contribution < 1.29 is 19.3 Å². The molecule has 0 bridgehead atoms. The van der Waals surface area contributed by atoms with Crippen LogP contribution >= 0.6 is 0 Å². The average Bonchev–Trinajstić information content (AvgIpc) is 2.95. The minimum absolute atomic E-state index is 0.0494. The lowest BCUT2D eigenvalue weighted by molar-refractivity contribution is -0.384. The first-order valence-corrected chi connectivity index (χ1v) is 9.18. The molecule has 1 aliphatic heterocycles. The third-order valence-electron chi connectivity index (χ3n) is 5.15. The van der Waals surface area contributed by atoms with Crippen molar-refractivity contribution in [3.8, 4) is 0 Å². The number of carbonyl (C=O) groups is 3. The number of nitro benzene ring substituents is 1. The summed E-state index contributed by atoms with van der Waals surface area (Å²) in [6.07, 6.45) is 4.85. The van der Waals surface area contributed by atoms with Gasteiger partial charge in [-0.15, -0.1) is 0 Å². The van der Waals surface area contributed by atoms with Gasteiger partial charge in [0.1, 0.15) is 11.7 Å². The van der Waals surface area contributed by atoms with Crippen molar-refractivity contribution in [3.63, 3.8) is 0 Å². The molecule has 1 aliphatic carbocycles. The Morgan fingerprint density at radius 2 is 1.79 bits per heavy atom. The molecule has 0 saturated carbocycles. The molecule has 2 aliphatic rings. The van der Waals surface area contributed by atoms with Gasteiger partial charge in [-0.3, -0.25) is 29.4 Å². The van der Waals surface area contributed by atoms with E-state index in [0.717, 1.165) is 4.90 Å². The molecule has 148 valence electrons. The Kier molecular flexibility index (Phi) is 5.72. The van der Waals surface area contributed by atoms with E-state index in [2.05, 4.69) is 10.6 Å². The van der Waals surface area contributed by atoms with Crippen LogP contribution < -0.4 is 10.6 Å². The number of nitrogens with zero attached hydrogens (tertiary/aromatic N) is 2. The van der Waals surface area contributed by atoms with Gasteiger partial charge < -0.3 is 10.6 Å². The van der Waals surface area contributed by atoms with E-state index < -0.39 is 16.9 Å². The number of imide groups is 1. The number of para-hydroxylation sites is 2. The predicted octanol–water partition coefficient (Wildman–Crippen LogP) is 1.46. The molecule has 0 spiro atoms. The Balaban J connectivity index is 1.52. The largest absolute Gasteiger partial charge is 0.378 e. The highest BCUT2D eigenvalue weighted by atomic mass is 16.6. The highest BCUT2D eigenvalue weighted by Crippen LogP contribution is 2.36. The van der Waals surface area contributed by atoms with Gasteiger partial charge in [0.25, 0.3) is 5.69 Å². The fraction of sp³-hybridized carbons (Fsp3) is 0.421. The maximum Gasteiger partial charge on any atom is 0.292 e. The fourth-order valence-electron chi connectivity index (χ4n) is 3.64. The second kappa shape index (κ2) is 8.20. The minimum Gasteiger partial charge on any atom is -0.378 e. The lowest BCUT2D eigenvalue weighted by Gasteiger charge is -2.22. The van der Waals surface area contributed by atoms with Crippen LogP contribution in [0.4, 0.5) is 11.4 Å². The van der Waals surface area contributed by atoms with E-state index >= 15 is 0 Å². The summed E-state index contributed by atoms with van der Waals surface area (Å²) in [5, 5.41) is 16.6. The van der Waals surface area contributed by atoms with Gasteiger partial charge in [0.2, 0.25) is 17.7 Å². The molecular formula is C19H22N4O5. The van der Waals surface area contributed by atoms with Crippen LogP contribution in [0, 0.1) is 22.0 Å². The van der Waals surface area contributed by atoms with Crippen molar-refractivity contribution in [2.75, 3.05) is 18.4 Å². The van der Waals surface area contributed by atoms with Gasteiger partial charge in [0.05, 0.1) is 16.8 Å². The maximum absolute atomic E-state index is 12.5. The van der Waals surface area contributed by atoms with Gasteiger partial charge in [0, 0.05) is 19.2 Å². The van der Waals surface area contributed by atoms with E-state index in [4.69, 9.17) is 0 Å². The number of hydrogen-bond acceptors (Lipinski definition) is 6. The monoisotopic (exact) mass is 386 g/mol. The summed E-state index contributed by atoms with van der Waals surface area (Å²) >= 11 is 0. The molecule has 2 N–H and O–H groups in total. The van der Waals surface area contributed by atoms with Gasteiger partial charge in [-0.05, 0) is 25.8 Å². The van der Waals surface area contributed by atoms with Crippen molar-refractivity contribution in [2.24, 2.45) is 11.8 Å². The van der Waals surface area contributed by atoms with Crippen molar-refractivity contribution in [2.45, 2.75) is 25.8 Å². The number of nitro groups is 1. The molecule has 1 heterocycles. The molecule has 3 amide bonds. The Labute approximate surface area is 161 Å². The number of likely N-dealkylation sites (tertiary alicyclic amines) is 1. The Bertz CT molecular complexity index is 811. The highest BCUT2D eigenvalue weighted by molar-refractivity contribution is 6.08. The molecule has 3 rings (SSSR count). The SMILES string of the molecule is C[C@@H](C(=O)NCCNc1ccccc1[N+](=O)[O-])N1C(=O)[C@@H]2CC=CC[C@H]2C1=O. The van der Waals surface area contributed by atoms with E-state index in [9.17, 15) is 24.5 Å². The van der Waals surface area contributed by atoms with E-state index in [1.165, 1.54) is 13.0 Å². The molecule has 0 unspecified atom stereocenters. The minimum atomic E-state index is -0.892. The second-order valence-electron chi connectivity index (χ2n) is 6.87. The summed E-state index contributed by atoms with van der Waals surface area (Å²) in [5.74, 6) is -1.75. The summed E-state index contributed by atoms with van der Waals surface area (Å²) in [4.78, 5) is 49.0. The van der Waals surface area contributed by atoms with E-state index in [-0.39, 0.29) is 42.4 Å². The van der Waals surface area contributed by atoms with Crippen LogP contribution in [-0.4, -0.2) is 46.7 Å². The van der Waals surface area contributed by atoms with Crippen LogP contribution in [-0.2, 0) is 14.4 Å². The summed E-state index contributed by atoms with van der Waals surface area (Å²) in [6.45, 7) is 1.99. The van der Waals surface area contributed by atoms with Gasteiger partial charge in [-0.2, -0.15) is 0 Å². The van der Waals surface area contributed by atoms with Crippen molar-refractivity contribution in [1.82, 2.24) is 10.2 Å². The molecule has 28 heavy (non-hydrogen) atoms. The number of rotatable bonds is 7. The second-order valence-corrected chi connectivity index (χ2v) is 6.87. The van der Waals surface area contributed by atoms with Crippen LogP contribution in [0.25, 0.3) is 0 Å². The molecule has 0 radical (unpaired) electrons. The molecule has 1 aromatic carbocycles. The maximum atomic E-state index is 12.5. The number of allylic oxidation sites excluding steroid dienone is 2. The standard InChI is InChI=1S/C19H22N4O5/c1-12(22-18(25)13-6-2-3-7-14(13)19(22)26)17(24)21-11-10-20-15-8-4-5-9-16(15)23(27)28/h2-5,8-9,12-14,20H,6-7,10-11H2,1H3,(H,21,24)/t12-,13+,14+/m0/s1. The Morgan fingerprint density at radius 1 is 1.18 bits per heavy atom. The average molecular weight is 386 g/mol. The van der Waals surface area contributed by atoms with Crippen LogP contribution in [0.5, 0.6) is 0 Å². The van der Waals surface area contributed by atoms with Crippen molar-refractivity contribution in [3.05, 3.63) is 46.5 Å². The van der Waals surface area contributed by atoms with Crippen molar-refractivity contribution in [1.29, 1.82) is 0 Å². The number of carbonyl (C=O) groups excluding carboxylic acids is 3. The van der Waals surface area contributed by atoms with Crippen LogP contribution in [0.15, 0.2) is 36.4 Å². The third-order valence-corrected chi connectivity index (χ3v) is 5.15. The first-order chi connectivity index (χ1) is 13.4. The van der Waals surface area contributed by atoms with Crippen molar-refractivity contribution >= 4 is 29.1 Å². The van der Waals surface area contributed by atoms with Gasteiger partial charge >= 0.3 is 0 Å². The predicted molar refractivity (Wildman–Crippen MR) is 101 cm³/mol. The zero-order chi connectivity index (χ0) is 20.3. The quantitative estimate of drug-likeness (QED) is 0.241. The summed E-state index contributed by atoms with van der Waals surface area (Å²) in [6, 6.07) is 5.33. The van der Waals surface area contributed by atoms with E-state index in [1.807, 2.05) is 12.2 Å². The number of fused-ring (bicyclic) bond motifs is 1. The molecule has 0 aromatic heterocycles. The molecule has 3 atom stereocenters. The van der Waals surface area contributed by atoms with Gasteiger partial charge in [-0.1, -0.05) is 24.3 Å². The lowest BCUT2D eigenvalue weighted by Crippen LogP contribution is -2.49. The first kappa shape index (κ1) is 19.5. The van der Waals surface area contributed by atoms with Crippen LogP contribution in [0.1, 0.15) is 19.8 Å². The molecule has 9 heteroatoms. The number of amides is 3. The zero-order valence-electron chi connectivity index (χ0n) is 15.5. The Morgan fingerprint density at radius 3 is 2.39 bits per heavy atom. The fourth-order valence-corrected chi connectivity index (χ4v) is 3.64. The lowest BCUT2D eigenvalue weighted by atomic mass is 9.85. The molecule has 1 saturated heterocycles. The summed E-state index contributed by atoms with van der Waals surface area (Å²) in [5.41, 5.74) is 0.308. The molecule has 1 fully saturated rings. The van der Waals surface area contributed by atoms with E-state index in [1.54, 1.807) is 18.2 Å². The zero-order valence-corrected chi connectivity index (χ0v) is 15.5. The number of anilines is 1.